The molecule has 0 aromatic heterocycles. The first-order valence-electron chi connectivity index (χ1n) is 8.17. The molecule has 3 aliphatic rings. The molecule has 3 rings (SSSR count). The normalized spacial score (nSPS) is 29.2. The van der Waals surface area contributed by atoms with Gasteiger partial charge in [-0.3, -0.25) is 5.41 Å². The van der Waals surface area contributed by atoms with E-state index in [1.165, 1.54) is 64.6 Å². The topological polar surface area (TPSA) is 33.6 Å². The number of piperidine rings is 1. The van der Waals surface area contributed by atoms with E-state index in [-0.39, 0.29) is 0 Å². The molecule has 0 aliphatic carbocycles. The molecule has 0 radical (unpaired) electrons. The Morgan fingerprint density at radius 3 is 2.26 bits per heavy atom. The molecule has 3 heterocycles. The van der Waals surface area contributed by atoms with Crippen LogP contribution in [0.2, 0.25) is 0 Å². The first-order valence-corrected chi connectivity index (χ1v) is 8.17. The van der Waals surface area contributed by atoms with Crippen LogP contribution < -0.4 is 0 Å². The van der Waals surface area contributed by atoms with Crippen molar-refractivity contribution in [1.29, 1.82) is 5.41 Å². The average molecular weight is 264 g/mol. The fraction of sp³-hybridized carbons (Fsp3) is 0.933. The van der Waals surface area contributed by atoms with Crippen LogP contribution in [0.4, 0.5) is 0 Å². The second-order valence-corrected chi connectivity index (χ2v) is 6.37. The van der Waals surface area contributed by atoms with Crippen molar-refractivity contribution in [2.75, 3.05) is 39.3 Å². The minimum Gasteiger partial charge on any atom is -0.343 e. The fourth-order valence-corrected chi connectivity index (χ4v) is 3.85. The summed E-state index contributed by atoms with van der Waals surface area (Å²) in [5, 5.41) is 8.46. The van der Waals surface area contributed by atoms with Gasteiger partial charge >= 0.3 is 0 Å². The Morgan fingerprint density at radius 1 is 0.842 bits per heavy atom. The second kappa shape index (κ2) is 6.12. The summed E-state index contributed by atoms with van der Waals surface area (Å²) < 4.78 is 0. The largest absolute Gasteiger partial charge is 0.343 e. The van der Waals surface area contributed by atoms with Crippen molar-refractivity contribution in [2.24, 2.45) is 0 Å². The van der Waals surface area contributed by atoms with Crippen LogP contribution in [-0.4, -0.2) is 66.0 Å². The van der Waals surface area contributed by atoms with Crippen LogP contribution >= 0.6 is 0 Å². The zero-order valence-corrected chi connectivity index (χ0v) is 12.1. The number of rotatable bonds is 2. The number of hydrogen-bond acceptors (Lipinski definition) is 2. The van der Waals surface area contributed by atoms with E-state index < -0.39 is 0 Å². The summed E-state index contributed by atoms with van der Waals surface area (Å²) in [6.45, 7) is 7.06. The van der Waals surface area contributed by atoms with Crippen LogP contribution in [0.15, 0.2) is 0 Å². The van der Waals surface area contributed by atoms with Gasteiger partial charge in [0, 0.05) is 32.2 Å². The number of nitrogens with one attached hydrogen (secondary N) is 1. The van der Waals surface area contributed by atoms with Gasteiger partial charge in [0.1, 0.15) is 0 Å². The molecular formula is C15H28N4. The summed E-state index contributed by atoms with van der Waals surface area (Å²) >= 11 is 0. The van der Waals surface area contributed by atoms with E-state index in [0.29, 0.717) is 6.04 Å². The van der Waals surface area contributed by atoms with Crippen molar-refractivity contribution in [3.63, 3.8) is 0 Å². The van der Waals surface area contributed by atoms with Crippen molar-refractivity contribution in [1.82, 2.24) is 14.7 Å². The first-order chi connectivity index (χ1) is 9.34. The average Bonchev–Trinajstić information content (AvgIpc) is 3.10. The Morgan fingerprint density at radius 2 is 1.53 bits per heavy atom. The Kier molecular flexibility index (Phi) is 4.26. The number of nitrogens with zero attached hydrogens (tertiary/aromatic N) is 3. The maximum atomic E-state index is 8.46. The van der Waals surface area contributed by atoms with E-state index in [0.717, 1.165) is 25.6 Å². The van der Waals surface area contributed by atoms with Gasteiger partial charge in [0.2, 0.25) is 0 Å². The van der Waals surface area contributed by atoms with Gasteiger partial charge in [0.05, 0.1) is 0 Å². The highest BCUT2D eigenvalue weighted by Crippen LogP contribution is 2.22. The van der Waals surface area contributed by atoms with Crippen LogP contribution in [0.3, 0.4) is 0 Å². The lowest BCUT2D eigenvalue weighted by Crippen LogP contribution is -2.49. The summed E-state index contributed by atoms with van der Waals surface area (Å²) in [6, 6.07) is 0.603. The molecule has 4 heteroatoms. The van der Waals surface area contributed by atoms with Crippen molar-refractivity contribution < 1.29 is 0 Å². The third kappa shape index (κ3) is 3.04. The molecule has 1 N–H and O–H groups in total. The predicted molar refractivity (Wildman–Crippen MR) is 78.6 cm³/mol. The van der Waals surface area contributed by atoms with Crippen LogP contribution in [0, 0.1) is 5.41 Å². The Hall–Kier alpha value is -0.770. The van der Waals surface area contributed by atoms with E-state index in [1.54, 1.807) is 0 Å². The van der Waals surface area contributed by atoms with Crippen molar-refractivity contribution >= 4 is 5.96 Å². The monoisotopic (exact) mass is 264 g/mol. The summed E-state index contributed by atoms with van der Waals surface area (Å²) in [5.74, 6) is 0.817. The van der Waals surface area contributed by atoms with E-state index >= 15 is 0 Å². The van der Waals surface area contributed by atoms with Gasteiger partial charge < -0.3 is 14.7 Å². The minimum atomic E-state index is 0.603. The quantitative estimate of drug-likeness (QED) is 0.611. The Bertz CT molecular complexity index is 305. The smallest absolute Gasteiger partial charge is 0.194 e. The van der Waals surface area contributed by atoms with Crippen LogP contribution in [-0.2, 0) is 0 Å². The minimum absolute atomic E-state index is 0.603. The van der Waals surface area contributed by atoms with E-state index in [9.17, 15) is 0 Å². The van der Waals surface area contributed by atoms with Gasteiger partial charge in [-0.15, -0.1) is 0 Å². The molecule has 3 aliphatic heterocycles. The molecular weight excluding hydrogens is 236 g/mol. The molecule has 0 unspecified atom stereocenters. The number of hydrogen-bond donors (Lipinski definition) is 1. The molecule has 19 heavy (non-hydrogen) atoms. The van der Waals surface area contributed by atoms with E-state index in [4.69, 9.17) is 5.41 Å². The summed E-state index contributed by atoms with van der Waals surface area (Å²) in [4.78, 5) is 7.30. The van der Waals surface area contributed by atoms with Gasteiger partial charge in [-0.05, 0) is 51.6 Å². The number of likely N-dealkylation sites (tertiary alicyclic amines) is 3. The summed E-state index contributed by atoms with van der Waals surface area (Å²) in [5.41, 5.74) is 0. The molecule has 0 aromatic carbocycles. The van der Waals surface area contributed by atoms with Crippen molar-refractivity contribution in [3.05, 3.63) is 0 Å². The Balaban J connectivity index is 1.55. The zero-order valence-electron chi connectivity index (χ0n) is 12.1. The summed E-state index contributed by atoms with van der Waals surface area (Å²) in [6.07, 6.45) is 9.25. The maximum Gasteiger partial charge on any atom is 0.194 e. The van der Waals surface area contributed by atoms with Crippen molar-refractivity contribution in [3.8, 4) is 0 Å². The Labute approximate surface area is 117 Å². The molecule has 0 amide bonds. The lowest BCUT2D eigenvalue weighted by molar-refractivity contribution is 0.179. The molecule has 0 bridgehead atoms. The van der Waals surface area contributed by atoms with E-state index in [1.807, 2.05) is 0 Å². The van der Waals surface area contributed by atoms with Gasteiger partial charge in [-0.25, -0.2) is 0 Å². The maximum absolute atomic E-state index is 8.46. The number of guanidine groups is 1. The highest BCUT2D eigenvalue weighted by molar-refractivity contribution is 5.77. The molecule has 0 saturated carbocycles. The van der Waals surface area contributed by atoms with Gasteiger partial charge in [0.15, 0.2) is 5.96 Å². The van der Waals surface area contributed by atoms with Crippen molar-refractivity contribution in [2.45, 2.75) is 51.0 Å². The molecule has 4 nitrogen and oxygen atoms in total. The molecule has 0 aromatic rings. The van der Waals surface area contributed by atoms with Gasteiger partial charge in [-0.2, -0.15) is 0 Å². The van der Waals surface area contributed by atoms with Gasteiger partial charge in [-0.1, -0.05) is 6.42 Å². The SMILES string of the molecule is N=C(N1CCCC1)N1CCC[C@H]1CN1CCCCC1. The molecule has 0 spiro atoms. The molecule has 108 valence electrons. The molecule has 3 saturated heterocycles. The third-order valence-corrected chi connectivity index (χ3v) is 4.97. The summed E-state index contributed by atoms with van der Waals surface area (Å²) in [7, 11) is 0. The second-order valence-electron chi connectivity index (χ2n) is 6.37. The molecule has 1 atom stereocenters. The highest BCUT2D eigenvalue weighted by atomic mass is 15.4. The lowest BCUT2D eigenvalue weighted by atomic mass is 10.1. The van der Waals surface area contributed by atoms with Gasteiger partial charge in [0.25, 0.3) is 0 Å². The van der Waals surface area contributed by atoms with Crippen LogP contribution in [0.1, 0.15) is 44.9 Å². The van der Waals surface area contributed by atoms with Crippen LogP contribution in [0.5, 0.6) is 0 Å². The highest BCUT2D eigenvalue weighted by Gasteiger charge is 2.31. The fourth-order valence-electron chi connectivity index (χ4n) is 3.85. The zero-order chi connectivity index (χ0) is 13.1. The van der Waals surface area contributed by atoms with Crippen LogP contribution in [0.25, 0.3) is 0 Å². The standard InChI is InChI=1S/C15H28N4/c16-15(18-10-4-5-11-18)19-12-6-7-14(19)13-17-8-2-1-3-9-17/h14,16H,1-13H2/t14-/m0/s1. The molecule has 3 fully saturated rings. The predicted octanol–water partition coefficient (Wildman–Crippen LogP) is 1.97. The third-order valence-electron chi connectivity index (χ3n) is 4.97. The first kappa shape index (κ1) is 13.2. The lowest BCUT2D eigenvalue weighted by Gasteiger charge is -2.36. The van der Waals surface area contributed by atoms with E-state index in [2.05, 4.69) is 14.7 Å².